The molecule has 0 amide bonds. The number of fused-ring (bicyclic) bond motifs is 1. The largest absolute Gasteiger partial charge is 0.478 e. The Labute approximate surface area is 127 Å². The van der Waals surface area contributed by atoms with Gasteiger partial charge in [0.2, 0.25) is 0 Å². The van der Waals surface area contributed by atoms with Crippen LogP contribution < -0.4 is 4.90 Å². The molecule has 1 aromatic carbocycles. The Kier molecular flexibility index (Phi) is 3.56. The second-order valence-electron chi connectivity index (χ2n) is 6.02. The minimum Gasteiger partial charge on any atom is -0.478 e. The number of benzene rings is 1. The van der Waals surface area contributed by atoms with Crippen molar-refractivity contribution in [3.63, 3.8) is 0 Å². The predicted octanol–water partition coefficient (Wildman–Crippen LogP) is 2.80. The lowest BCUT2D eigenvalue weighted by Gasteiger charge is -2.43. The van der Waals surface area contributed by atoms with Gasteiger partial charge >= 0.3 is 5.97 Å². The normalized spacial score (nSPS) is 23.2. The second-order valence-corrected chi connectivity index (χ2v) is 6.02. The number of aromatic carboxylic acids is 1. The fourth-order valence-electron chi connectivity index (χ4n) is 3.05. The SMILES string of the molecule is CC1CN(c2cc3c(C(=O)O)coc3cc2F)CC(C)N1C. The predicted molar refractivity (Wildman–Crippen MR) is 82.0 cm³/mol. The van der Waals surface area contributed by atoms with Gasteiger partial charge in [0.15, 0.2) is 0 Å². The van der Waals surface area contributed by atoms with Gasteiger partial charge in [0, 0.05) is 36.6 Å². The van der Waals surface area contributed by atoms with Crippen molar-refractivity contribution in [2.45, 2.75) is 25.9 Å². The first-order valence-electron chi connectivity index (χ1n) is 7.29. The van der Waals surface area contributed by atoms with Crippen molar-refractivity contribution < 1.29 is 18.7 Å². The molecular weight excluding hydrogens is 287 g/mol. The van der Waals surface area contributed by atoms with E-state index in [0.717, 1.165) is 6.26 Å². The standard InChI is InChI=1S/C16H19FN2O3/c1-9-6-19(7-10(2)18(9)3)14-4-11-12(16(20)21)8-22-15(11)5-13(14)17/h4-5,8-10H,6-7H2,1-3H3,(H,20,21). The maximum absolute atomic E-state index is 14.4. The molecule has 1 aliphatic rings. The highest BCUT2D eigenvalue weighted by Crippen LogP contribution is 2.31. The van der Waals surface area contributed by atoms with Crippen molar-refractivity contribution >= 4 is 22.6 Å². The summed E-state index contributed by atoms with van der Waals surface area (Å²) in [5.41, 5.74) is 0.753. The molecular formula is C16H19FN2O3. The maximum Gasteiger partial charge on any atom is 0.339 e. The van der Waals surface area contributed by atoms with E-state index < -0.39 is 5.97 Å². The van der Waals surface area contributed by atoms with Gasteiger partial charge in [-0.1, -0.05) is 0 Å². The van der Waals surface area contributed by atoms with Gasteiger partial charge in [-0.25, -0.2) is 9.18 Å². The summed E-state index contributed by atoms with van der Waals surface area (Å²) < 4.78 is 19.5. The van der Waals surface area contributed by atoms with Crippen LogP contribution in [-0.2, 0) is 0 Å². The summed E-state index contributed by atoms with van der Waals surface area (Å²) in [6, 6.07) is 3.44. The summed E-state index contributed by atoms with van der Waals surface area (Å²) >= 11 is 0. The van der Waals surface area contributed by atoms with Gasteiger partial charge in [-0.3, -0.25) is 4.90 Å². The Morgan fingerprint density at radius 3 is 2.55 bits per heavy atom. The topological polar surface area (TPSA) is 56.9 Å². The molecule has 0 aliphatic carbocycles. The quantitative estimate of drug-likeness (QED) is 0.924. The molecule has 1 fully saturated rings. The fraction of sp³-hybridized carbons (Fsp3) is 0.438. The Balaban J connectivity index is 2.05. The Hall–Kier alpha value is -2.08. The molecule has 1 N–H and O–H groups in total. The molecule has 1 aliphatic heterocycles. The highest BCUT2D eigenvalue weighted by Gasteiger charge is 2.28. The summed E-state index contributed by atoms with van der Waals surface area (Å²) in [6.07, 6.45) is 1.16. The van der Waals surface area contributed by atoms with E-state index in [9.17, 15) is 14.3 Å². The number of hydrogen-bond acceptors (Lipinski definition) is 4. The van der Waals surface area contributed by atoms with E-state index in [-0.39, 0.29) is 17.0 Å². The van der Waals surface area contributed by atoms with Crippen LogP contribution in [0, 0.1) is 5.82 Å². The summed E-state index contributed by atoms with van der Waals surface area (Å²) in [5.74, 6) is -1.46. The van der Waals surface area contributed by atoms with Gasteiger partial charge in [-0.05, 0) is 27.0 Å². The number of furan rings is 1. The second kappa shape index (κ2) is 5.28. The summed E-state index contributed by atoms with van der Waals surface area (Å²) in [7, 11) is 2.06. The van der Waals surface area contributed by atoms with Crippen molar-refractivity contribution in [2.75, 3.05) is 25.0 Å². The van der Waals surface area contributed by atoms with Gasteiger partial charge in [0.05, 0.1) is 5.69 Å². The minimum absolute atomic E-state index is 0.0616. The molecule has 0 saturated carbocycles. The van der Waals surface area contributed by atoms with E-state index in [2.05, 4.69) is 25.8 Å². The molecule has 2 aromatic rings. The monoisotopic (exact) mass is 306 g/mol. The number of likely N-dealkylation sites (N-methyl/N-ethyl adjacent to an activating group) is 1. The van der Waals surface area contributed by atoms with Crippen LogP contribution >= 0.6 is 0 Å². The Bertz CT molecular complexity index is 715. The van der Waals surface area contributed by atoms with Crippen molar-refractivity contribution in [3.8, 4) is 0 Å². The molecule has 0 radical (unpaired) electrons. The van der Waals surface area contributed by atoms with Crippen LogP contribution in [0.1, 0.15) is 24.2 Å². The maximum atomic E-state index is 14.4. The molecule has 3 rings (SSSR count). The van der Waals surface area contributed by atoms with E-state index >= 15 is 0 Å². The first kappa shape index (κ1) is 14.8. The summed E-state index contributed by atoms with van der Waals surface area (Å²) in [5, 5.41) is 9.62. The number of piperazine rings is 1. The number of halogens is 1. The van der Waals surface area contributed by atoms with Gasteiger partial charge in [-0.15, -0.1) is 0 Å². The molecule has 2 heterocycles. The number of hydrogen-bond donors (Lipinski definition) is 1. The van der Waals surface area contributed by atoms with E-state index in [1.165, 1.54) is 6.07 Å². The molecule has 0 bridgehead atoms. The van der Waals surface area contributed by atoms with Gasteiger partial charge in [0.1, 0.15) is 23.2 Å². The number of carboxylic acid groups (broad SMARTS) is 1. The van der Waals surface area contributed by atoms with E-state index in [4.69, 9.17) is 4.42 Å². The number of nitrogens with zero attached hydrogens (tertiary/aromatic N) is 2. The van der Waals surface area contributed by atoms with Crippen LogP contribution in [0.3, 0.4) is 0 Å². The first-order valence-corrected chi connectivity index (χ1v) is 7.29. The Morgan fingerprint density at radius 2 is 1.95 bits per heavy atom. The number of rotatable bonds is 2. The fourth-order valence-corrected chi connectivity index (χ4v) is 3.05. The number of carbonyl (C=O) groups is 1. The van der Waals surface area contributed by atoms with E-state index in [1.807, 2.05) is 4.90 Å². The minimum atomic E-state index is -1.07. The molecule has 2 atom stereocenters. The summed E-state index contributed by atoms with van der Waals surface area (Å²) in [6.45, 7) is 5.59. The van der Waals surface area contributed by atoms with Crippen LogP contribution in [0.2, 0.25) is 0 Å². The third-order valence-corrected chi connectivity index (χ3v) is 4.57. The van der Waals surface area contributed by atoms with Crippen LogP contribution in [-0.4, -0.2) is 48.2 Å². The van der Waals surface area contributed by atoms with Crippen LogP contribution in [0.5, 0.6) is 0 Å². The van der Waals surface area contributed by atoms with Crippen LogP contribution in [0.4, 0.5) is 10.1 Å². The molecule has 118 valence electrons. The zero-order valence-electron chi connectivity index (χ0n) is 12.8. The average Bonchev–Trinajstić information content (AvgIpc) is 2.86. The zero-order valence-corrected chi connectivity index (χ0v) is 12.8. The van der Waals surface area contributed by atoms with Gasteiger partial charge in [0.25, 0.3) is 0 Å². The molecule has 6 heteroatoms. The third kappa shape index (κ3) is 2.33. The lowest BCUT2D eigenvalue weighted by Crippen LogP contribution is -2.55. The lowest BCUT2D eigenvalue weighted by atomic mass is 10.1. The molecule has 2 unspecified atom stereocenters. The Morgan fingerprint density at radius 1 is 1.32 bits per heavy atom. The van der Waals surface area contributed by atoms with Gasteiger partial charge < -0.3 is 14.4 Å². The molecule has 5 nitrogen and oxygen atoms in total. The first-order chi connectivity index (χ1) is 10.4. The van der Waals surface area contributed by atoms with Crippen LogP contribution in [0.15, 0.2) is 22.8 Å². The van der Waals surface area contributed by atoms with E-state index in [0.29, 0.717) is 36.2 Å². The van der Waals surface area contributed by atoms with Crippen molar-refractivity contribution in [3.05, 3.63) is 29.8 Å². The van der Waals surface area contributed by atoms with Crippen molar-refractivity contribution in [1.82, 2.24) is 4.90 Å². The summed E-state index contributed by atoms with van der Waals surface area (Å²) in [4.78, 5) is 15.5. The van der Waals surface area contributed by atoms with Crippen LogP contribution in [0.25, 0.3) is 11.0 Å². The zero-order chi connectivity index (χ0) is 16.0. The van der Waals surface area contributed by atoms with Crippen molar-refractivity contribution in [1.29, 1.82) is 0 Å². The number of anilines is 1. The molecule has 22 heavy (non-hydrogen) atoms. The van der Waals surface area contributed by atoms with E-state index in [1.54, 1.807) is 6.07 Å². The smallest absolute Gasteiger partial charge is 0.339 e. The van der Waals surface area contributed by atoms with Crippen molar-refractivity contribution in [2.24, 2.45) is 0 Å². The lowest BCUT2D eigenvalue weighted by molar-refractivity contribution is 0.0698. The highest BCUT2D eigenvalue weighted by atomic mass is 19.1. The third-order valence-electron chi connectivity index (χ3n) is 4.57. The average molecular weight is 306 g/mol. The highest BCUT2D eigenvalue weighted by molar-refractivity contribution is 6.03. The molecule has 0 spiro atoms. The van der Waals surface area contributed by atoms with Gasteiger partial charge in [-0.2, -0.15) is 0 Å². The molecule has 1 saturated heterocycles. The molecule has 1 aromatic heterocycles. The number of carboxylic acids is 1.